The van der Waals surface area contributed by atoms with E-state index in [1.54, 1.807) is 23.1 Å². The van der Waals surface area contributed by atoms with E-state index < -0.39 is 0 Å². The molecule has 1 unspecified atom stereocenters. The van der Waals surface area contributed by atoms with Crippen LogP contribution in [0.1, 0.15) is 35.8 Å². The van der Waals surface area contributed by atoms with Gasteiger partial charge in [-0.05, 0) is 28.3 Å². The maximum Gasteiger partial charge on any atom is 0.191 e. The lowest BCUT2D eigenvalue weighted by molar-refractivity contribution is 0.0254. The molecule has 29 heavy (non-hydrogen) atoms. The molecule has 1 aliphatic rings. The Morgan fingerprint density at radius 2 is 2.03 bits per heavy atom. The molecule has 0 saturated carbocycles. The maximum atomic E-state index is 6.39. The number of rotatable bonds is 5. The number of ether oxygens (including phenoxy) is 1. The molecule has 0 saturated heterocycles. The van der Waals surface area contributed by atoms with Gasteiger partial charge in [-0.1, -0.05) is 67.6 Å². The Morgan fingerprint density at radius 1 is 1.17 bits per heavy atom. The number of fused-ring (bicyclic) bond motifs is 4. The quantitative estimate of drug-likeness (QED) is 0.318. The Kier molecular flexibility index (Phi) is 5.16. The van der Waals surface area contributed by atoms with Gasteiger partial charge in [-0.15, -0.1) is 11.3 Å². The second-order valence-corrected chi connectivity index (χ2v) is 9.50. The summed E-state index contributed by atoms with van der Waals surface area (Å²) in [6, 6.07) is 15.0. The first-order valence-electron chi connectivity index (χ1n) is 10.0. The number of nitrogen functional groups attached to an aromatic ring is 1. The molecule has 1 atom stereocenters. The zero-order valence-corrected chi connectivity index (χ0v) is 18.0. The number of hydrogen-bond acceptors (Lipinski definition) is 6. The van der Waals surface area contributed by atoms with Crippen molar-refractivity contribution in [1.82, 2.24) is 9.97 Å². The zero-order valence-electron chi connectivity index (χ0n) is 16.4. The Morgan fingerprint density at radius 3 is 2.90 bits per heavy atom. The van der Waals surface area contributed by atoms with Crippen molar-refractivity contribution in [2.24, 2.45) is 0 Å². The number of nitrogens with zero attached hydrogens (tertiary/aromatic N) is 2. The van der Waals surface area contributed by atoms with Gasteiger partial charge in [0.15, 0.2) is 5.16 Å². The van der Waals surface area contributed by atoms with Gasteiger partial charge < -0.3 is 10.5 Å². The summed E-state index contributed by atoms with van der Waals surface area (Å²) in [5.74, 6) is 1.42. The van der Waals surface area contributed by atoms with E-state index in [1.165, 1.54) is 26.8 Å². The van der Waals surface area contributed by atoms with E-state index >= 15 is 0 Å². The summed E-state index contributed by atoms with van der Waals surface area (Å²) in [4.78, 5) is 11.7. The fourth-order valence-corrected chi connectivity index (χ4v) is 5.96. The lowest BCUT2D eigenvalue weighted by Gasteiger charge is -2.22. The number of nitrogens with two attached hydrogens (primary N) is 1. The molecule has 0 amide bonds. The highest BCUT2D eigenvalue weighted by Gasteiger charge is 2.25. The van der Waals surface area contributed by atoms with Crippen LogP contribution in [0.2, 0.25) is 0 Å². The fourth-order valence-electron chi connectivity index (χ4n) is 3.97. The lowest BCUT2D eigenvalue weighted by Crippen LogP contribution is -2.21. The van der Waals surface area contributed by atoms with Gasteiger partial charge in [-0.25, -0.2) is 9.97 Å². The third-order valence-corrected chi connectivity index (χ3v) is 7.43. The average Bonchev–Trinajstić information content (AvgIpc) is 3.10. The molecule has 0 spiro atoms. The van der Waals surface area contributed by atoms with E-state index in [9.17, 15) is 0 Å². The highest BCUT2D eigenvalue weighted by atomic mass is 32.2. The number of benzene rings is 2. The summed E-state index contributed by atoms with van der Waals surface area (Å²) in [5, 5.41) is 4.31. The molecule has 4 aromatic rings. The van der Waals surface area contributed by atoms with E-state index in [-0.39, 0.29) is 6.10 Å². The van der Waals surface area contributed by atoms with Crippen LogP contribution in [-0.2, 0) is 23.5 Å². The molecule has 1 aliphatic heterocycles. The topological polar surface area (TPSA) is 61.0 Å². The SMILES string of the molecule is CCCC1Cc2c(sc3nc(SCc4ccc5ccccc5c4)nc(N)c23)CO1. The zero-order chi connectivity index (χ0) is 19.8. The normalized spacial score (nSPS) is 16.4. The molecular weight excluding hydrogens is 398 g/mol. The fraction of sp³-hybridized carbons (Fsp3) is 0.304. The van der Waals surface area contributed by atoms with Crippen LogP contribution >= 0.6 is 23.1 Å². The predicted octanol–water partition coefficient (Wildman–Crippen LogP) is 5.96. The van der Waals surface area contributed by atoms with Crippen LogP contribution in [0.15, 0.2) is 47.6 Å². The van der Waals surface area contributed by atoms with Crippen LogP contribution in [0.5, 0.6) is 0 Å². The van der Waals surface area contributed by atoms with Crippen molar-refractivity contribution in [2.75, 3.05) is 5.73 Å². The molecule has 6 heteroatoms. The van der Waals surface area contributed by atoms with Crippen molar-refractivity contribution < 1.29 is 4.74 Å². The van der Waals surface area contributed by atoms with Gasteiger partial charge in [-0.2, -0.15) is 0 Å². The molecule has 3 heterocycles. The largest absolute Gasteiger partial charge is 0.383 e. The van der Waals surface area contributed by atoms with Gasteiger partial charge in [0, 0.05) is 17.1 Å². The summed E-state index contributed by atoms with van der Waals surface area (Å²) in [5.41, 5.74) is 8.96. The van der Waals surface area contributed by atoms with Crippen molar-refractivity contribution in [2.45, 2.75) is 49.8 Å². The van der Waals surface area contributed by atoms with Crippen molar-refractivity contribution >= 4 is 49.9 Å². The van der Waals surface area contributed by atoms with Gasteiger partial charge >= 0.3 is 0 Å². The summed E-state index contributed by atoms with van der Waals surface area (Å²) in [6.45, 7) is 2.86. The first-order chi connectivity index (χ1) is 14.2. The Balaban J connectivity index is 1.39. The monoisotopic (exact) mass is 421 g/mol. The molecule has 148 valence electrons. The molecule has 0 aliphatic carbocycles. The molecule has 4 nitrogen and oxygen atoms in total. The molecule has 5 rings (SSSR count). The Hall–Kier alpha value is -2.15. The Bertz CT molecular complexity index is 1190. The lowest BCUT2D eigenvalue weighted by atomic mass is 10.0. The van der Waals surface area contributed by atoms with Crippen molar-refractivity contribution in [3.63, 3.8) is 0 Å². The van der Waals surface area contributed by atoms with Gasteiger partial charge in [0.2, 0.25) is 0 Å². The third-order valence-electron chi connectivity index (χ3n) is 5.42. The summed E-state index contributed by atoms with van der Waals surface area (Å²) in [6.07, 6.45) is 3.41. The first-order valence-corrected chi connectivity index (χ1v) is 11.8. The summed E-state index contributed by atoms with van der Waals surface area (Å²) in [7, 11) is 0. The summed E-state index contributed by atoms with van der Waals surface area (Å²) >= 11 is 3.34. The van der Waals surface area contributed by atoms with Crippen molar-refractivity contribution in [1.29, 1.82) is 0 Å². The van der Waals surface area contributed by atoms with Crippen LogP contribution in [-0.4, -0.2) is 16.1 Å². The van der Waals surface area contributed by atoms with E-state index in [4.69, 9.17) is 15.5 Å². The molecule has 2 N–H and O–H groups in total. The third kappa shape index (κ3) is 3.72. The van der Waals surface area contributed by atoms with Crippen LogP contribution in [0.3, 0.4) is 0 Å². The van der Waals surface area contributed by atoms with Crippen LogP contribution in [0, 0.1) is 0 Å². The average molecular weight is 422 g/mol. The minimum Gasteiger partial charge on any atom is -0.383 e. The minimum atomic E-state index is 0.284. The van der Waals surface area contributed by atoms with Crippen molar-refractivity contribution in [3.8, 4) is 0 Å². The van der Waals surface area contributed by atoms with E-state index in [2.05, 4.69) is 54.4 Å². The molecule has 2 aromatic heterocycles. The van der Waals surface area contributed by atoms with Crippen molar-refractivity contribution in [3.05, 3.63) is 58.5 Å². The van der Waals surface area contributed by atoms with Gasteiger partial charge in [0.1, 0.15) is 10.6 Å². The highest BCUT2D eigenvalue weighted by molar-refractivity contribution is 7.98. The van der Waals surface area contributed by atoms with Gasteiger partial charge in [0.25, 0.3) is 0 Å². The number of aromatic nitrogens is 2. The van der Waals surface area contributed by atoms with Crippen LogP contribution < -0.4 is 5.73 Å². The Labute approximate surface area is 178 Å². The van der Waals surface area contributed by atoms with Gasteiger partial charge in [0.05, 0.1) is 18.1 Å². The molecule has 0 radical (unpaired) electrons. The smallest absolute Gasteiger partial charge is 0.191 e. The first kappa shape index (κ1) is 18.9. The molecule has 0 bridgehead atoms. The van der Waals surface area contributed by atoms with Crippen LogP contribution in [0.4, 0.5) is 5.82 Å². The van der Waals surface area contributed by atoms with Gasteiger partial charge in [-0.3, -0.25) is 0 Å². The highest BCUT2D eigenvalue weighted by Crippen LogP contribution is 2.39. The van der Waals surface area contributed by atoms with E-state index in [0.29, 0.717) is 12.4 Å². The molecular formula is C23H23N3OS2. The summed E-state index contributed by atoms with van der Waals surface area (Å²) < 4.78 is 6.00. The number of anilines is 1. The second-order valence-electron chi connectivity index (χ2n) is 7.47. The molecule has 2 aromatic carbocycles. The number of thioether (sulfide) groups is 1. The maximum absolute atomic E-state index is 6.39. The predicted molar refractivity (Wildman–Crippen MR) is 123 cm³/mol. The minimum absolute atomic E-state index is 0.284. The standard InChI is InChI=1S/C23H23N3OS2/c1-2-5-17-11-18-19(12-27-17)29-22-20(18)21(24)25-23(26-22)28-13-14-8-9-15-6-3-4-7-16(15)10-14/h3-4,6-10,17H,2,5,11-13H2,1H3,(H2,24,25,26). The number of hydrogen-bond donors (Lipinski definition) is 1. The second kappa shape index (κ2) is 7.94. The van der Waals surface area contributed by atoms with E-state index in [1.807, 2.05) is 0 Å². The molecule has 0 fully saturated rings. The number of thiophene rings is 1. The van der Waals surface area contributed by atoms with Crippen LogP contribution in [0.25, 0.3) is 21.0 Å². The van der Waals surface area contributed by atoms with E-state index in [0.717, 1.165) is 40.4 Å².